The average Bonchev–Trinajstić information content (AvgIpc) is 2.39. The predicted molar refractivity (Wildman–Crippen MR) is 72.8 cm³/mol. The molecule has 0 unspecified atom stereocenters. The normalized spacial score (nSPS) is 11.0. The molecule has 4 heteroatoms. The summed E-state index contributed by atoms with van der Waals surface area (Å²) in [5.74, 6) is 0. The lowest BCUT2D eigenvalue weighted by Gasteiger charge is -2.06. The maximum absolute atomic E-state index is 5.46. The van der Waals surface area contributed by atoms with Crippen LogP contribution in [0.3, 0.4) is 0 Å². The smallest absolute Gasteiger partial charge is 0.0488 e. The Hall–Kier alpha value is -0.160. The predicted octanol–water partition coefficient (Wildman–Crippen LogP) is 2.47. The van der Waals surface area contributed by atoms with Crippen LogP contribution in [-0.2, 0) is 18.9 Å². The van der Waals surface area contributed by atoms with Gasteiger partial charge in [0.15, 0.2) is 0 Å². The van der Waals surface area contributed by atoms with Crippen molar-refractivity contribution >= 4 is 0 Å². The third-order valence-corrected chi connectivity index (χ3v) is 2.22. The Morgan fingerprint density at radius 2 is 1.00 bits per heavy atom. The second kappa shape index (κ2) is 16.8. The molecular formula is C14H29O4. The van der Waals surface area contributed by atoms with Crippen LogP contribution in [0.2, 0.25) is 0 Å². The minimum absolute atomic E-state index is 0.746. The van der Waals surface area contributed by atoms with E-state index in [1.165, 1.54) is 0 Å². The highest BCUT2D eigenvalue weighted by molar-refractivity contribution is 4.40. The van der Waals surface area contributed by atoms with Crippen LogP contribution in [0.4, 0.5) is 0 Å². The zero-order chi connectivity index (χ0) is 13.3. The van der Waals surface area contributed by atoms with Gasteiger partial charge in [-0.1, -0.05) is 6.92 Å². The molecule has 0 aliphatic heterocycles. The molecule has 0 bridgehead atoms. The van der Waals surface area contributed by atoms with Crippen molar-refractivity contribution in [1.82, 2.24) is 0 Å². The van der Waals surface area contributed by atoms with Crippen molar-refractivity contribution in [1.29, 1.82) is 0 Å². The van der Waals surface area contributed by atoms with Crippen molar-refractivity contribution in [2.24, 2.45) is 0 Å². The monoisotopic (exact) mass is 261 g/mol. The lowest BCUT2D eigenvalue weighted by atomic mass is 10.4. The highest BCUT2D eigenvalue weighted by Crippen LogP contribution is 1.91. The summed E-state index contributed by atoms with van der Waals surface area (Å²) >= 11 is 0. The van der Waals surface area contributed by atoms with Crippen LogP contribution in [0.5, 0.6) is 0 Å². The molecule has 0 N–H and O–H groups in total. The molecule has 0 aliphatic carbocycles. The molecule has 0 rings (SSSR count). The summed E-state index contributed by atoms with van der Waals surface area (Å²) in [6, 6.07) is 0. The van der Waals surface area contributed by atoms with Crippen LogP contribution in [0, 0.1) is 6.92 Å². The van der Waals surface area contributed by atoms with Crippen molar-refractivity contribution in [3.05, 3.63) is 6.92 Å². The maximum atomic E-state index is 5.46. The second-order valence-electron chi connectivity index (χ2n) is 3.95. The second-order valence-corrected chi connectivity index (χ2v) is 3.95. The number of rotatable bonds is 15. The topological polar surface area (TPSA) is 36.9 Å². The van der Waals surface area contributed by atoms with Gasteiger partial charge in [0.2, 0.25) is 0 Å². The van der Waals surface area contributed by atoms with Crippen molar-refractivity contribution in [2.75, 3.05) is 52.9 Å². The molecule has 109 valence electrons. The van der Waals surface area contributed by atoms with E-state index in [2.05, 4.69) is 6.92 Å². The van der Waals surface area contributed by atoms with Gasteiger partial charge in [-0.05, 0) is 32.6 Å². The highest BCUT2D eigenvalue weighted by atomic mass is 16.5. The molecule has 0 saturated heterocycles. The molecule has 4 nitrogen and oxygen atoms in total. The Morgan fingerprint density at radius 3 is 1.39 bits per heavy atom. The molecule has 0 aromatic carbocycles. The Labute approximate surface area is 112 Å². The molecule has 0 atom stereocenters. The van der Waals surface area contributed by atoms with Crippen molar-refractivity contribution < 1.29 is 18.9 Å². The molecular weight excluding hydrogens is 232 g/mol. The van der Waals surface area contributed by atoms with E-state index < -0.39 is 0 Å². The third kappa shape index (κ3) is 15.8. The van der Waals surface area contributed by atoms with E-state index >= 15 is 0 Å². The van der Waals surface area contributed by atoms with Gasteiger partial charge in [-0.15, -0.1) is 0 Å². The number of hydrogen-bond donors (Lipinski definition) is 0. The molecule has 18 heavy (non-hydrogen) atoms. The van der Waals surface area contributed by atoms with Gasteiger partial charge >= 0.3 is 0 Å². The Balaban J connectivity index is 2.86. The van der Waals surface area contributed by atoms with Gasteiger partial charge in [0.1, 0.15) is 0 Å². The van der Waals surface area contributed by atoms with E-state index in [1.54, 1.807) is 0 Å². The van der Waals surface area contributed by atoms with Crippen LogP contribution in [0.25, 0.3) is 0 Å². The fourth-order valence-electron chi connectivity index (χ4n) is 1.34. The van der Waals surface area contributed by atoms with Gasteiger partial charge in [0, 0.05) is 52.9 Å². The summed E-state index contributed by atoms with van der Waals surface area (Å²) in [5, 5.41) is 0. The third-order valence-electron chi connectivity index (χ3n) is 2.22. The first-order chi connectivity index (χ1) is 8.91. The lowest BCUT2D eigenvalue weighted by molar-refractivity contribution is 0.0558. The van der Waals surface area contributed by atoms with E-state index in [0.717, 1.165) is 78.5 Å². The highest BCUT2D eigenvalue weighted by Gasteiger charge is 1.92. The molecule has 0 saturated carbocycles. The quantitative estimate of drug-likeness (QED) is 0.424. The molecule has 0 fully saturated rings. The Kier molecular flexibility index (Phi) is 16.7. The van der Waals surface area contributed by atoms with E-state index in [1.807, 2.05) is 6.92 Å². The van der Waals surface area contributed by atoms with Crippen LogP contribution < -0.4 is 0 Å². The average molecular weight is 261 g/mol. The Morgan fingerprint density at radius 1 is 0.611 bits per heavy atom. The molecule has 0 aliphatic rings. The van der Waals surface area contributed by atoms with Crippen molar-refractivity contribution in [3.8, 4) is 0 Å². The summed E-state index contributed by atoms with van der Waals surface area (Å²) in [7, 11) is 0. The first-order valence-electron chi connectivity index (χ1n) is 7.02. The van der Waals surface area contributed by atoms with Crippen LogP contribution in [0.15, 0.2) is 0 Å². The number of ether oxygens (including phenoxy) is 4. The molecule has 0 heterocycles. The summed E-state index contributed by atoms with van der Waals surface area (Å²) in [6.07, 6.45) is 3.71. The minimum atomic E-state index is 0.746. The first kappa shape index (κ1) is 17.8. The molecule has 1 radical (unpaired) electrons. The largest absolute Gasteiger partial charge is 0.382 e. The SMILES string of the molecule is [CH2]CCOCCCOCCCOCCCOCC. The fraction of sp³-hybridized carbons (Fsp3) is 0.929. The van der Waals surface area contributed by atoms with E-state index in [9.17, 15) is 0 Å². The van der Waals surface area contributed by atoms with Crippen molar-refractivity contribution in [3.63, 3.8) is 0 Å². The van der Waals surface area contributed by atoms with Gasteiger partial charge in [-0.2, -0.15) is 0 Å². The molecule has 0 aromatic heterocycles. The van der Waals surface area contributed by atoms with Gasteiger partial charge < -0.3 is 18.9 Å². The summed E-state index contributed by atoms with van der Waals surface area (Å²) in [6.45, 7) is 11.9. The summed E-state index contributed by atoms with van der Waals surface area (Å²) < 4.78 is 21.4. The van der Waals surface area contributed by atoms with E-state index in [0.29, 0.717) is 0 Å². The zero-order valence-electron chi connectivity index (χ0n) is 11.8. The van der Waals surface area contributed by atoms with Crippen molar-refractivity contribution in [2.45, 2.75) is 32.6 Å². The lowest BCUT2D eigenvalue weighted by Crippen LogP contribution is -2.06. The molecule has 0 aromatic rings. The van der Waals surface area contributed by atoms with Gasteiger partial charge in [-0.25, -0.2) is 0 Å². The maximum Gasteiger partial charge on any atom is 0.0488 e. The standard InChI is InChI=1S/C14H29O4/c1-3-8-16-10-6-12-18-14-7-13-17-11-5-9-15-4-2/h1,3-14H2,2H3. The number of hydrogen-bond acceptors (Lipinski definition) is 4. The zero-order valence-corrected chi connectivity index (χ0v) is 11.8. The van der Waals surface area contributed by atoms with Gasteiger partial charge in [0.25, 0.3) is 0 Å². The van der Waals surface area contributed by atoms with Gasteiger partial charge in [-0.3, -0.25) is 0 Å². The van der Waals surface area contributed by atoms with Crippen LogP contribution >= 0.6 is 0 Å². The molecule has 0 spiro atoms. The minimum Gasteiger partial charge on any atom is -0.382 e. The van der Waals surface area contributed by atoms with E-state index in [4.69, 9.17) is 18.9 Å². The molecule has 0 amide bonds. The fourth-order valence-corrected chi connectivity index (χ4v) is 1.34. The van der Waals surface area contributed by atoms with Crippen LogP contribution in [-0.4, -0.2) is 52.9 Å². The van der Waals surface area contributed by atoms with Crippen LogP contribution in [0.1, 0.15) is 32.6 Å². The summed E-state index contributed by atoms with van der Waals surface area (Å²) in [4.78, 5) is 0. The summed E-state index contributed by atoms with van der Waals surface area (Å²) in [5.41, 5.74) is 0. The Bertz CT molecular complexity index is 126. The van der Waals surface area contributed by atoms with E-state index in [-0.39, 0.29) is 0 Å². The first-order valence-corrected chi connectivity index (χ1v) is 7.02. The van der Waals surface area contributed by atoms with Gasteiger partial charge in [0.05, 0.1) is 0 Å².